The number of hydrogen-bond donors (Lipinski definition) is 3. The van der Waals surface area contributed by atoms with Crippen molar-refractivity contribution in [2.24, 2.45) is 0 Å². The van der Waals surface area contributed by atoms with E-state index in [4.69, 9.17) is 27.9 Å². The lowest BCUT2D eigenvalue weighted by atomic mass is 10.1. The van der Waals surface area contributed by atoms with E-state index in [-0.39, 0.29) is 29.8 Å². The number of aryl methyl sites for hydroxylation is 1. The molecule has 0 radical (unpaired) electrons. The average Bonchev–Trinajstić information content (AvgIpc) is 3.71. The van der Waals surface area contributed by atoms with E-state index in [9.17, 15) is 14.4 Å². The number of aromatic nitrogens is 6. The van der Waals surface area contributed by atoms with Gasteiger partial charge in [-0.3, -0.25) is 14.9 Å². The van der Waals surface area contributed by atoms with Gasteiger partial charge in [0.15, 0.2) is 0 Å². The number of nitrogens with zero attached hydrogens (tertiary/aromatic N) is 6. The van der Waals surface area contributed by atoms with Crippen molar-refractivity contribution in [1.82, 2.24) is 40.4 Å². The molecule has 2 aromatic heterocycles. The van der Waals surface area contributed by atoms with Gasteiger partial charge in [0.2, 0.25) is 11.8 Å². The lowest BCUT2D eigenvalue weighted by Gasteiger charge is -2.28. The third kappa shape index (κ3) is 7.70. The third-order valence-electron chi connectivity index (χ3n) is 6.93. The Morgan fingerprint density at radius 2 is 1.89 bits per heavy atom. The maximum atomic E-state index is 13.3. The summed E-state index contributed by atoms with van der Waals surface area (Å²) >= 11 is 12.8. The Kier molecular flexibility index (Phi) is 10.0. The van der Waals surface area contributed by atoms with E-state index in [2.05, 4.69) is 40.9 Å². The number of amides is 3. The fourth-order valence-electron chi connectivity index (χ4n) is 4.70. The molecule has 3 amide bonds. The molecule has 5 rings (SSSR count). The second-order valence-electron chi connectivity index (χ2n) is 9.82. The molecular formula is C28H29Cl2N9O5. The van der Waals surface area contributed by atoms with Crippen molar-refractivity contribution in [3.05, 3.63) is 70.4 Å². The number of halogens is 2. The molecule has 1 unspecified atom stereocenters. The van der Waals surface area contributed by atoms with Crippen LogP contribution >= 0.6 is 23.2 Å². The molecular weight excluding hydrogens is 613 g/mol. The summed E-state index contributed by atoms with van der Waals surface area (Å²) in [6.45, 7) is 1.82. The minimum absolute atomic E-state index is 0.0376. The zero-order chi connectivity index (χ0) is 31.1. The number of benzene rings is 2. The Bertz CT molecular complexity index is 1610. The van der Waals surface area contributed by atoms with E-state index < -0.39 is 12.1 Å². The normalized spacial score (nSPS) is 13.8. The molecule has 16 heteroatoms. The van der Waals surface area contributed by atoms with Crippen LogP contribution in [0.25, 0.3) is 16.9 Å². The molecule has 1 atom stereocenters. The first-order valence-electron chi connectivity index (χ1n) is 13.7. The number of nitrogens with one attached hydrogen (secondary N) is 3. The van der Waals surface area contributed by atoms with Crippen molar-refractivity contribution >= 4 is 46.8 Å². The van der Waals surface area contributed by atoms with Gasteiger partial charge in [0.05, 0.1) is 38.5 Å². The highest BCUT2D eigenvalue weighted by atomic mass is 35.5. The van der Waals surface area contributed by atoms with Crippen LogP contribution in [0.3, 0.4) is 0 Å². The standard InChI is InChI=1S/C28H29Cl2N9O5/c1-43-28(42)32-20-6-2-17(3-7-20)25-26(30)35-27(34-25)21(15-24(41)38-10-12-44-13-11-38)33-23(40)9-4-18-14-19(29)5-8-22(18)39-16-31-36-37-39/h2-3,5-8,14,16,21H,4,9-13,15H2,1H3,(H,32,42)(H,33,40)(H,34,35). The Morgan fingerprint density at radius 3 is 2.59 bits per heavy atom. The summed E-state index contributed by atoms with van der Waals surface area (Å²) in [7, 11) is 1.28. The van der Waals surface area contributed by atoms with Crippen LogP contribution in [0.5, 0.6) is 0 Å². The van der Waals surface area contributed by atoms with Crippen LogP contribution in [0.4, 0.5) is 10.5 Å². The maximum Gasteiger partial charge on any atom is 0.411 e. The van der Waals surface area contributed by atoms with Crippen LogP contribution in [0, 0.1) is 0 Å². The number of rotatable bonds is 10. The van der Waals surface area contributed by atoms with Crippen molar-refractivity contribution in [1.29, 1.82) is 0 Å². The van der Waals surface area contributed by atoms with Gasteiger partial charge in [0, 0.05) is 35.8 Å². The van der Waals surface area contributed by atoms with Crippen molar-refractivity contribution in [2.45, 2.75) is 25.3 Å². The zero-order valence-electron chi connectivity index (χ0n) is 23.6. The molecule has 0 saturated carbocycles. The molecule has 44 heavy (non-hydrogen) atoms. The second kappa shape index (κ2) is 14.3. The van der Waals surface area contributed by atoms with E-state index in [0.29, 0.717) is 66.2 Å². The quantitative estimate of drug-likeness (QED) is 0.234. The lowest BCUT2D eigenvalue weighted by Crippen LogP contribution is -2.42. The van der Waals surface area contributed by atoms with Crippen LogP contribution in [-0.2, 0) is 25.5 Å². The summed E-state index contributed by atoms with van der Waals surface area (Å²) in [4.78, 5) is 47.4. The van der Waals surface area contributed by atoms with Crippen molar-refractivity contribution in [3.63, 3.8) is 0 Å². The largest absolute Gasteiger partial charge is 0.453 e. The summed E-state index contributed by atoms with van der Waals surface area (Å²) in [6.07, 6.45) is 1.25. The van der Waals surface area contributed by atoms with E-state index in [1.165, 1.54) is 18.1 Å². The van der Waals surface area contributed by atoms with E-state index in [1.54, 1.807) is 47.4 Å². The SMILES string of the molecule is COC(=O)Nc1ccc(-c2nc(C(CC(=O)N3CCOCC3)NC(=O)CCc3cc(Cl)ccc3-n3cnnn3)[nH]c2Cl)cc1. The number of carbonyl (C=O) groups is 3. The topological polar surface area (TPSA) is 169 Å². The molecule has 2 aromatic carbocycles. The van der Waals surface area contributed by atoms with Crippen molar-refractivity contribution in [3.8, 4) is 16.9 Å². The van der Waals surface area contributed by atoms with Gasteiger partial charge in [-0.2, -0.15) is 0 Å². The maximum absolute atomic E-state index is 13.3. The number of hydrogen-bond acceptors (Lipinski definition) is 9. The number of carbonyl (C=O) groups excluding carboxylic acids is 3. The second-order valence-corrected chi connectivity index (χ2v) is 10.6. The summed E-state index contributed by atoms with van der Waals surface area (Å²) in [5.74, 6) is -0.129. The first-order valence-corrected chi connectivity index (χ1v) is 14.4. The van der Waals surface area contributed by atoms with Gasteiger partial charge in [-0.1, -0.05) is 35.3 Å². The van der Waals surface area contributed by atoms with Gasteiger partial charge in [-0.25, -0.2) is 14.5 Å². The number of morpholine rings is 1. The smallest absolute Gasteiger partial charge is 0.411 e. The van der Waals surface area contributed by atoms with Crippen LogP contribution in [0.1, 0.15) is 30.3 Å². The Morgan fingerprint density at radius 1 is 1.11 bits per heavy atom. The molecule has 1 fully saturated rings. The zero-order valence-corrected chi connectivity index (χ0v) is 25.1. The number of imidazole rings is 1. The van der Waals surface area contributed by atoms with Crippen LogP contribution in [0.15, 0.2) is 48.8 Å². The van der Waals surface area contributed by atoms with E-state index in [0.717, 1.165) is 5.56 Å². The molecule has 1 aliphatic heterocycles. The van der Waals surface area contributed by atoms with Crippen LogP contribution in [0.2, 0.25) is 10.2 Å². The lowest BCUT2D eigenvalue weighted by molar-refractivity contribution is -0.136. The number of methoxy groups -OCH3 is 1. The van der Waals surface area contributed by atoms with Gasteiger partial charge in [-0.15, -0.1) is 5.10 Å². The highest BCUT2D eigenvalue weighted by molar-refractivity contribution is 6.32. The first-order chi connectivity index (χ1) is 21.3. The molecule has 3 N–H and O–H groups in total. The minimum atomic E-state index is -0.789. The van der Waals surface area contributed by atoms with Gasteiger partial charge in [-0.05, 0) is 52.7 Å². The fraction of sp³-hybridized carbons (Fsp3) is 0.321. The Labute approximate surface area is 262 Å². The predicted octanol–water partition coefficient (Wildman–Crippen LogP) is 3.58. The fourth-order valence-corrected chi connectivity index (χ4v) is 5.15. The summed E-state index contributed by atoms with van der Waals surface area (Å²) < 4.78 is 11.5. The number of ether oxygens (including phenoxy) is 2. The molecule has 4 aromatic rings. The molecule has 14 nitrogen and oxygen atoms in total. The molecule has 1 aliphatic rings. The van der Waals surface area contributed by atoms with E-state index in [1.807, 2.05) is 0 Å². The number of aromatic amines is 1. The Balaban J connectivity index is 1.34. The highest BCUT2D eigenvalue weighted by Gasteiger charge is 2.27. The van der Waals surface area contributed by atoms with E-state index >= 15 is 0 Å². The van der Waals surface area contributed by atoms with Crippen molar-refractivity contribution < 1.29 is 23.9 Å². The Hall–Kier alpha value is -4.53. The van der Waals surface area contributed by atoms with Crippen LogP contribution in [-0.4, -0.2) is 86.4 Å². The number of H-pyrrole nitrogens is 1. The molecule has 0 spiro atoms. The monoisotopic (exact) mass is 641 g/mol. The van der Waals surface area contributed by atoms with Crippen molar-refractivity contribution in [2.75, 3.05) is 38.7 Å². The molecule has 3 heterocycles. The van der Waals surface area contributed by atoms with Gasteiger partial charge < -0.3 is 24.7 Å². The first kappa shape index (κ1) is 30.9. The number of anilines is 1. The summed E-state index contributed by atoms with van der Waals surface area (Å²) in [6, 6.07) is 11.3. The third-order valence-corrected chi connectivity index (χ3v) is 7.44. The molecule has 0 aliphatic carbocycles. The highest BCUT2D eigenvalue weighted by Crippen LogP contribution is 2.30. The van der Waals surface area contributed by atoms with Gasteiger partial charge >= 0.3 is 6.09 Å². The molecule has 1 saturated heterocycles. The number of tetrazole rings is 1. The molecule has 230 valence electrons. The van der Waals surface area contributed by atoms with Gasteiger partial charge in [0.25, 0.3) is 0 Å². The summed E-state index contributed by atoms with van der Waals surface area (Å²) in [5, 5.41) is 17.6. The minimum Gasteiger partial charge on any atom is -0.453 e. The van der Waals surface area contributed by atoms with Crippen LogP contribution < -0.4 is 10.6 Å². The predicted molar refractivity (Wildman–Crippen MR) is 160 cm³/mol. The average molecular weight is 643 g/mol. The summed E-state index contributed by atoms with van der Waals surface area (Å²) in [5.41, 5.74) is 3.08. The van der Waals surface area contributed by atoms with Gasteiger partial charge in [0.1, 0.15) is 23.0 Å². The molecule has 0 bridgehead atoms.